The highest BCUT2D eigenvalue weighted by atomic mass is 16.7. The third-order valence-electron chi connectivity index (χ3n) is 1.54. The number of phenolic OH excluding ortho intramolecular Hbond substituents is 1. The summed E-state index contributed by atoms with van der Waals surface area (Å²) < 4.78 is 4.70. The Bertz CT molecular complexity index is 476. The number of para-hydroxylation sites is 1. The fraction of sp³-hybridized carbons (Fsp3) is 0. The Labute approximate surface area is 71.6 Å². The van der Waals surface area contributed by atoms with E-state index in [1.807, 2.05) is 0 Å². The summed E-state index contributed by atoms with van der Waals surface area (Å²) in [6.07, 6.45) is 0. The molecule has 1 aromatic heterocycles. The molecular formula is C7H4N2O4. The number of aromatic nitrogens is 1. The van der Waals surface area contributed by atoms with E-state index >= 15 is 0 Å². The van der Waals surface area contributed by atoms with E-state index < -0.39 is 10.9 Å². The van der Waals surface area contributed by atoms with Crippen molar-refractivity contribution in [3.05, 3.63) is 28.3 Å². The largest absolute Gasteiger partial charge is 0.546 e. The Morgan fingerprint density at radius 3 is 2.92 bits per heavy atom. The average molecular weight is 180 g/mol. The van der Waals surface area contributed by atoms with Crippen molar-refractivity contribution < 1.29 is 14.4 Å². The SMILES string of the molecule is O=[N+]([O-])c1nc2cccc(O)c2o1. The average Bonchev–Trinajstić information content (AvgIpc) is 2.49. The molecule has 0 spiro atoms. The molecule has 0 fully saturated rings. The van der Waals surface area contributed by atoms with Crippen molar-refractivity contribution in [3.63, 3.8) is 0 Å². The first kappa shape index (κ1) is 7.53. The number of hydrogen-bond acceptors (Lipinski definition) is 5. The summed E-state index contributed by atoms with van der Waals surface area (Å²) in [6, 6.07) is 3.81. The second kappa shape index (κ2) is 2.44. The molecule has 13 heavy (non-hydrogen) atoms. The first-order chi connectivity index (χ1) is 6.18. The maximum atomic E-state index is 10.2. The van der Waals surface area contributed by atoms with Crippen LogP contribution in [-0.2, 0) is 0 Å². The minimum absolute atomic E-state index is 0.0363. The van der Waals surface area contributed by atoms with Gasteiger partial charge in [-0.3, -0.25) is 0 Å². The predicted octanol–water partition coefficient (Wildman–Crippen LogP) is 1.44. The van der Waals surface area contributed by atoms with E-state index in [1.165, 1.54) is 18.2 Å². The van der Waals surface area contributed by atoms with Crippen molar-refractivity contribution in [2.75, 3.05) is 0 Å². The molecule has 0 aliphatic heterocycles. The molecule has 6 nitrogen and oxygen atoms in total. The van der Waals surface area contributed by atoms with Gasteiger partial charge < -0.3 is 19.6 Å². The topological polar surface area (TPSA) is 89.4 Å². The number of nitro groups is 1. The van der Waals surface area contributed by atoms with Gasteiger partial charge in [0.2, 0.25) is 11.1 Å². The normalized spacial score (nSPS) is 10.5. The summed E-state index contributed by atoms with van der Waals surface area (Å²) in [4.78, 5) is 13.0. The molecule has 0 bridgehead atoms. The van der Waals surface area contributed by atoms with E-state index in [2.05, 4.69) is 4.98 Å². The lowest BCUT2D eigenvalue weighted by molar-refractivity contribution is -0.406. The Morgan fingerprint density at radius 2 is 2.31 bits per heavy atom. The van der Waals surface area contributed by atoms with Gasteiger partial charge in [-0.1, -0.05) is 6.07 Å². The van der Waals surface area contributed by atoms with Crippen LogP contribution in [0.1, 0.15) is 0 Å². The summed E-state index contributed by atoms with van der Waals surface area (Å²) in [5.41, 5.74) is 0.306. The Morgan fingerprint density at radius 1 is 1.54 bits per heavy atom. The fourth-order valence-electron chi connectivity index (χ4n) is 1.00. The number of hydrogen-bond donors (Lipinski definition) is 1. The minimum atomic E-state index is -0.751. The third-order valence-corrected chi connectivity index (χ3v) is 1.54. The van der Waals surface area contributed by atoms with Gasteiger partial charge in [-0.25, -0.2) is 0 Å². The molecule has 0 unspecified atom stereocenters. The van der Waals surface area contributed by atoms with Crippen LogP contribution in [0.4, 0.5) is 6.01 Å². The molecule has 0 saturated carbocycles. The van der Waals surface area contributed by atoms with Crippen LogP contribution in [0.25, 0.3) is 11.1 Å². The first-order valence-corrected chi connectivity index (χ1v) is 3.41. The molecular weight excluding hydrogens is 176 g/mol. The molecule has 0 aliphatic carbocycles. The Hall–Kier alpha value is -2.11. The zero-order valence-corrected chi connectivity index (χ0v) is 6.30. The molecule has 0 atom stereocenters. The number of fused-ring (bicyclic) bond motifs is 1. The van der Waals surface area contributed by atoms with Gasteiger partial charge in [0.15, 0.2) is 5.75 Å². The number of benzene rings is 1. The van der Waals surface area contributed by atoms with E-state index in [0.717, 1.165) is 0 Å². The van der Waals surface area contributed by atoms with Crippen molar-refractivity contribution in [2.24, 2.45) is 0 Å². The maximum absolute atomic E-state index is 10.2. The van der Waals surface area contributed by atoms with Gasteiger partial charge in [0.1, 0.15) is 0 Å². The van der Waals surface area contributed by atoms with Crippen LogP contribution in [0.15, 0.2) is 22.6 Å². The standard InChI is InChI=1S/C7H4N2O4/c10-5-3-1-2-4-6(5)13-7(8-4)9(11)12/h1-3,10H. The fourth-order valence-corrected chi connectivity index (χ4v) is 1.00. The summed E-state index contributed by atoms with van der Waals surface area (Å²) in [6.45, 7) is 0. The zero-order chi connectivity index (χ0) is 9.42. The number of aromatic hydroxyl groups is 1. The maximum Gasteiger partial charge on any atom is 0.546 e. The van der Waals surface area contributed by atoms with Crippen LogP contribution in [0, 0.1) is 10.1 Å². The minimum Gasteiger partial charge on any atom is -0.504 e. The first-order valence-electron chi connectivity index (χ1n) is 3.41. The van der Waals surface area contributed by atoms with Crippen molar-refractivity contribution in [1.82, 2.24) is 4.98 Å². The van der Waals surface area contributed by atoms with Gasteiger partial charge in [0.05, 0.1) is 0 Å². The highest BCUT2D eigenvalue weighted by Gasteiger charge is 2.19. The lowest BCUT2D eigenvalue weighted by Gasteiger charge is -1.86. The van der Waals surface area contributed by atoms with Gasteiger partial charge in [-0.2, -0.15) is 0 Å². The highest BCUT2D eigenvalue weighted by molar-refractivity contribution is 5.79. The molecule has 0 amide bonds. The predicted molar refractivity (Wildman–Crippen MR) is 42.3 cm³/mol. The van der Waals surface area contributed by atoms with E-state index in [1.54, 1.807) is 0 Å². The Balaban J connectivity index is 2.75. The quantitative estimate of drug-likeness (QED) is 0.529. The Kier molecular flexibility index (Phi) is 1.42. The van der Waals surface area contributed by atoms with Crippen LogP contribution < -0.4 is 0 Å². The van der Waals surface area contributed by atoms with Crippen molar-refractivity contribution in [1.29, 1.82) is 0 Å². The molecule has 66 valence electrons. The molecule has 0 radical (unpaired) electrons. The lowest BCUT2D eigenvalue weighted by atomic mass is 10.3. The van der Waals surface area contributed by atoms with Gasteiger partial charge in [0, 0.05) is 9.91 Å². The van der Waals surface area contributed by atoms with E-state index in [4.69, 9.17) is 4.42 Å². The zero-order valence-electron chi connectivity index (χ0n) is 6.30. The molecule has 1 N–H and O–H groups in total. The van der Waals surface area contributed by atoms with Gasteiger partial charge in [-0.05, 0) is 12.1 Å². The molecule has 0 saturated heterocycles. The number of phenols is 1. The van der Waals surface area contributed by atoms with Gasteiger partial charge in [-0.15, -0.1) is 0 Å². The number of oxazole rings is 1. The third kappa shape index (κ3) is 1.08. The van der Waals surface area contributed by atoms with Crippen LogP contribution in [0.2, 0.25) is 0 Å². The smallest absolute Gasteiger partial charge is 0.504 e. The highest BCUT2D eigenvalue weighted by Crippen LogP contribution is 2.27. The van der Waals surface area contributed by atoms with Gasteiger partial charge in [0.25, 0.3) is 0 Å². The second-order valence-corrected chi connectivity index (χ2v) is 2.38. The molecule has 2 aromatic rings. The molecule has 1 aromatic carbocycles. The van der Waals surface area contributed by atoms with Crippen LogP contribution in [0.5, 0.6) is 5.75 Å². The lowest BCUT2D eigenvalue weighted by Crippen LogP contribution is -1.85. The number of nitrogens with zero attached hydrogens (tertiary/aromatic N) is 2. The summed E-state index contributed by atoms with van der Waals surface area (Å²) in [7, 11) is 0. The summed E-state index contributed by atoms with van der Waals surface area (Å²) >= 11 is 0. The van der Waals surface area contributed by atoms with Crippen LogP contribution >= 0.6 is 0 Å². The molecule has 0 aliphatic rings. The molecule has 2 rings (SSSR count). The molecule has 6 heteroatoms. The van der Waals surface area contributed by atoms with E-state index in [-0.39, 0.29) is 16.8 Å². The summed E-state index contributed by atoms with van der Waals surface area (Å²) in [5, 5.41) is 19.5. The second-order valence-electron chi connectivity index (χ2n) is 2.38. The summed E-state index contributed by atoms with van der Waals surface area (Å²) in [5.74, 6) is -0.155. The van der Waals surface area contributed by atoms with Gasteiger partial charge >= 0.3 is 6.01 Å². The van der Waals surface area contributed by atoms with Crippen molar-refractivity contribution >= 4 is 17.1 Å². The van der Waals surface area contributed by atoms with Crippen molar-refractivity contribution in [3.8, 4) is 5.75 Å². The van der Waals surface area contributed by atoms with E-state index in [0.29, 0.717) is 0 Å². The van der Waals surface area contributed by atoms with Crippen LogP contribution in [-0.4, -0.2) is 15.0 Å². The van der Waals surface area contributed by atoms with E-state index in [9.17, 15) is 15.2 Å². The van der Waals surface area contributed by atoms with Crippen molar-refractivity contribution in [2.45, 2.75) is 0 Å². The molecule has 1 heterocycles. The number of rotatable bonds is 1. The monoisotopic (exact) mass is 180 g/mol. The van der Waals surface area contributed by atoms with Crippen LogP contribution in [0.3, 0.4) is 0 Å².